The van der Waals surface area contributed by atoms with Gasteiger partial charge in [0.15, 0.2) is 16.9 Å². The maximum absolute atomic E-state index is 12.8. The normalized spacial score (nSPS) is 15.2. The molecular weight excluding hydrogens is 410 g/mol. The molecule has 32 heavy (non-hydrogen) atoms. The quantitative estimate of drug-likeness (QED) is 0.624. The molecule has 1 aliphatic heterocycles. The van der Waals surface area contributed by atoms with Crippen LogP contribution in [-0.4, -0.2) is 42.6 Å². The van der Waals surface area contributed by atoms with Gasteiger partial charge >= 0.3 is 5.97 Å². The SMILES string of the molecule is CCOC(=O)c1cn2c(cc1=O)-c1cc(OC)c(OCC(C)(C)CO)cc1CC2C(C)C. The van der Waals surface area contributed by atoms with Crippen LogP contribution in [0.25, 0.3) is 11.3 Å². The molecule has 2 heterocycles. The van der Waals surface area contributed by atoms with Gasteiger partial charge in [0.05, 0.1) is 32.6 Å². The lowest BCUT2D eigenvalue weighted by atomic mass is 9.87. The van der Waals surface area contributed by atoms with Crippen LogP contribution in [0.2, 0.25) is 0 Å². The van der Waals surface area contributed by atoms with Crippen molar-refractivity contribution < 1.29 is 24.1 Å². The number of nitrogens with zero attached hydrogens (tertiary/aromatic N) is 1. The first-order chi connectivity index (χ1) is 15.1. The fraction of sp³-hybridized carbons (Fsp3) is 0.520. The first-order valence-corrected chi connectivity index (χ1v) is 11.0. The minimum absolute atomic E-state index is 0.00870. The number of carbonyl (C=O) groups is 1. The highest BCUT2D eigenvalue weighted by molar-refractivity contribution is 5.89. The number of fused-ring (bicyclic) bond motifs is 3. The second-order valence-corrected chi connectivity index (χ2v) is 9.35. The number of rotatable bonds is 8. The van der Waals surface area contributed by atoms with Gasteiger partial charge in [-0.2, -0.15) is 0 Å². The van der Waals surface area contributed by atoms with Gasteiger partial charge in [0.1, 0.15) is 5.56 Å². The van der Waals surface area contributed by atoms with Gasteiger partial charge < -0.3 is 23.9 Å². The molecule has 7 nitrogen and oxygen atoms in total. The minimum atomic E-state index is -0.603. The van der Waals surface area contributed by atoms with Crippen molar-refractivity contribution in [2.75, 3.05) is 26.9 Å². The highest BCUT2D eigenvalue weighted by Crippen LogP contribution is 2.43. The Morgan fingerprint density at radius 2 is 1.97 bits per heavy atom. The number of aliphatic hydroxyl groups excluding tert-OH is 1. The monoisotopic (exact) mass is 443 g/mol. The van der Waals surface area contributed by atoms with E-state index in [0.717, 1.165) is 23.2 Å². The fourth-order valence-electron chi connectivity index (χ4n) is 3.88. The average Bonchev–Trinajstić information content (AvgIpc) is 2.76. The molecule has 1 aromatic heterocycles. The Balaban J connectivity index is 2.13. The number of pyridine rings is 1. The van der Waals surface area contributed by atoms with Gasteiger partial charge in [0.25, 0.3) is 0 Å². The van der Waals surface area contributed by atoms with E-state index in [1.807, 2.05) is 30.5 Å². The van der Waals surface area contributed by atoms with Gasteiger partial charge in [-0.25, -0.2) is 4.79 Å². The number of hydrogen-bond donors (Lipinski definition) is 1. The summed E-state index contributed by atoms with van der Waals surface area (Å²) in [4.78, 5) is 25.1. The third-order valence-electron chi connectivity index (χ3n) is 5.84. The number of methoxy groups -OCH3 is 1. The van der Waals surface area contributed by atoms with Gasteiger partial charge in [-0.3, -0.25) is 4.79 Å². The van der Waals surface area contributed by atoms with Gasteiger partial charge in [0, 0.05) is 29.3 Å². The number of hydrogen-bond acceptors (Lipinski definition) is 6. The van der Waals surface area contributed by atoms with Crippen LogP contribution in [0.5, 0.6) is 11.5 Å². The maximum Gasteiger partial charge on any atom is 0.343 e. The predicted octanol–water partition coefficient (Wildman–Crippen LogP) is 3.85. The highest BCUT2D eigenvalue weighted by Gasteiger charge is 2.30. The third-order valence-corrected chi connectivity index (χ3v) is 5.84. The second-order valence-electron chi connectivity index (χ2n) is 9.35. The van der Waals surface area contributed by atoms with Crippen LogP contribution >= 0.6 is 0 Å². The van der Waals surface area contributed by atoms with Crippen LogP contribution < -0.4 is 14.9 Å². The molecule has 0 saturated heterocycles. The van der Waals surface area contributed by atoms with Crippen molar-refractivity contribution in [1.29, 1.82) is 0 Å². The largest absolute Gasteiger partial charge is 0.493 e. The van der Waals surface area contributed by atoms with Crippen LogP contribution in [0.3, 0.4) is 0 Å². The smallest absolute Gasteiger partial charge is 0.343 e. The summed E-state index contributed by atoms with van der Waals surface area (Å²) in [6, 6.07) is 5.41. The first kappa shape index (κ1) is 23.9. The summed E-state index contributed by atoms with van der Waals surface area (Å²) in [7, 11) is 1.57. The molecule has 0 radical (unpaired) electrons. The van der Waals surface area contributed by atoms with E-state index >= 15 is 0 Å². The molecule has 1 aromatic carbocycles. The molecule has 7 heteroatoms. The van der Waals surface area contributed by atoms with Crippen molar-refractivity contribution >= 4 is 5.97 Å². The molecule has 0 fully saturated rings. The summed E-state index contributed by atoms with van der Waals surface area (Å²) in [5, 5.41) is 9.54. The Morgan fingerprint density at radius 3 is 2.56 bits per heavy atom. The molecule has 0 saturated carbocycles. The van der Waals surface area contributed by atoms with E-state index < -0.39 is 5.97 Å². The van der Waals surface area contributed by atoms with Crippen LogP contribution in [0.4, 0.5) is 0 Å². The van der Waals surface area contributed by atoms with Crippen molar-refractivity contribution in [2.24, 2.45) is 11.3 Å². The summed E-state index contributed by atoms with van der Waals surface area (Å²) < 4.78 is 18.7. The summed E-state index contributed by atoms with van der Waals surface area (Å²) in [5.41, 5.74) is 1.95. The van der Waals surface area contributed by atoms with Gasteiger partial charge in [-0.15, -0.1) is 0 Å². The Bertz CT molecular complexity index is 1050. The Kier molecular flexibility index (Phi) is 6.98. The number of benzene rings is 1. The molecule has 2 aromatic rings. The summed E-state index contributed by atoms with van der Waals surface area (Å²) >= 11 is 0. The van der Waals surface area contributed by atoms with Crippen LogP contribution in [0, 0.1) is 11.3 Å². The van der Waals surface area contributed by atoms with E-state index in [0.29, 0.717) is 18.1 Å². The maximum atomic E-state index is 12.8. The summed E-state index contributed by atoms with van der Waals surface area (Å²) in [6.07, 6.45) is 2.35. The fourth-order valence-corrected chi connectivity index (χ4v) is 3.88. The van der Waals surface area contributed by atoms with Crippen LogP contribution in [0.1, 0.15) is 56.6 Å². The number of aliphatic hydroxyl groups is 1. The number of carbonyl (C=O) groups excluding carboxylic acids is 1. The Morgan fingerprint density at radius 1 is 1.25 bits per heavy atom. The Labute approximate surface area is 188 Å². The topological polar surface area (TPSA) is 87.0 Å². The van der Waals surface area contributed by atoms with Crippen molar-refractivity contribution in [3.63, 3.8) is 0 Å². The average molecular weight is 444 g/mol. The van der Waals surface area contributed by atoms with Crippen molar-refractivity contribution in [3.05, 3.63) is 45.7 Å². The molecular formula is C25H33NO6. The number of esters is 1. The number of aromatic nitrogens is 1. The van der Waals surface area contributed by atoms with E-state index in [1.165, 1.54) is 6.07 Å². The molecule has 3 rings (SSSR count). The lowest BCUT2D eigenvalue weighted by Crippen LogP contribution is -2.29. The van der Waals surface area contributed by atoms with Crippen molar-refractivity contribution in [2.45, 2.75) is 47.1 Å². The van der Waals surface area contributed by atoms with Gasteiger partial charge in [0.2, 0.25) is 0 Å². The van der Waals surface area contributed by atoms with Crippen molar-refractivity contribution in [1.82, 2.24) is 4.57 Å². The van der Waals surface area contributed by atoms with Gasteiger partial charge in [-0.05, 0) is 37.0 Å². The third kappa shape index (κ3) is 4.67. The molecule has 1 N–H and O–H groups in total. The second kappa shape index (κ2) is 9.36. The zero-order chi connectivity index (χ0) is 23.6. The van der Waals surface area contributed by atoms with E-state index in [9.17, 15) is 14.7 Å². The molecule has 0 aliphatic carbocycles. The molecule has 0 amide bonds. The Hall–Kier alpha value is -2.80. The molecule has 174 valence electrons. The highest BCUT2D eigenvalue weighted by atomic mass is 16.5. The van der Waals surface area contributed by atoms with E-state index in [2.05, 4.69) is 13.8 Å². The zero-order valence-electron chi connectivity index (χ0n) is 19.7. The van der Waals surface area contributed by atoms with E-state index in [-0.39, 0.29) is 41.6 Å². The summed E-state index contributed by atoms with van der Waals surface area (Å²) in [5.74, 6) is 0.816. The molecule has 1 aliphatic rings. The number of ether oxygens (including phenoxy) is 3. The first-order valence-electron chi connectivity index (χ1n) is 11.0. The lowest BCUT2D eigenvalue weighted by molar-refractivity contribution is 0.0523. The molecule has 0 bridgehead atoms. The molecule has 0 spiro atoms. The lowest BCUT2D eigenvalue weighted by Gasteiger charge is -2.34. The standard InChI is InChI=1S/C25H33NO6/c1-7-31-24(29)18-12-26-19(15(2)3)8-16-9-23(32-14-25(4,5)13-27)22(30-6)10-17(16)20(26)11-21(18)28/h9-12,15,19,27H,7-8,13-14H2,1-6H3. The van der Waals surface area contributed by atoms with E-state index in [4.69, 9.17) is 14.2 Å². The van der Waals surface area contributed by atoms with Crippen molar-refractivity contribution in [3.8, 4) is 22.8 Å². The van der Waals surface area contributed by atoms with Crippen LogP contribution in [-0.2, 0) is 11.2 Å². The molecule has 1 atom stereocenters. The molecule has 1 unspecified atom stereocenters. The predicted molar refractivity (Wildman–Crippen MR) is 123 cm³/mol. The zero-order valence-corrected chi connectivity index (χ0v) is 19.7. The van der Waals surface area contributed by atoms with Crippen LogP contribution in [0.15, 0.2) is 29.2 Å². The van der Waals surface area contributed by atoms with Gasteiger partial charge in [-0.1, -0.05) is 27.7 Å². The van der Waals surface area contributed by atoms with E-state index in [1.54, 1.807) is 20.2 Å². The minimum Gasteiger partial charge on any atom is -0.493 e. The summed E-state index contributed by atoms with van der Waals surface area (Å²) in [6.45, 7) is 10.4.